The first-order valence-electron chi connectivity index (χ1n) is 14.5. The molecule has 0 saturated heterocycles. The lowest BCUT2D eigenvalue weighted by molar-refractivity contribution is 0.866. The summed E-state index contributed by atoms with van der Waals surface area (Å²) < 4.78 is 0. The maximum atomic E-state index is 2.56. The van der Waals surface area contributed by atoms with Crippen molar-refractivity contribution in [1.29, 1.82) is 0 Å². The Morgan fingerprint density at radius 2 is 1.12 bits per heavy atom. The molecule has 1 unspecified atom stereocenters. The zero-order valence-electron chi connectivity index (χ0n) is 22.7. The molecule has 0 saturated carbocycles. The largest absolute Gasteiger partial charge is 0.0682 e. The number of benzene rings is 6. The molecule has 2 radical (unpaired) electrons. The van der Waals surface area contributed by atoms with Crippen molar-refractivity contribution in [1.82, 2.24) is 0 Å². The molecule has 0 bridgehead atoms. The Labute approximate surface area is 238 Å². The number of hydrogen-bond donors (Lipinski definition) is 0. The van der Waals surface area contributed by atoms with Crippen LogP contribution in [-0.2, 0) is 0 Å². The SMILES string of the molecule is CCCC1=Cc2c(-c3cc4ccccc4c4ccccc34)cccc2C1[Si]C1c2ccccc2-c2ccccc21. The summed E-state index contributed by atoms with van der Waals surface area (Å²) in [4.78, 5) is 0. The zero-order chi connectivity index (χ0) is 26.6. The van der Waals surface area contributed by atoms with E-state index >= 15 is 0 Å². The van der Waals surface area contributed by atoms with E-state index in [2.05, 4.69) is 134 Å². The first kappa shape index (κ1) is 23.7. The molecule has 0 aromatic heterocycles. The minimum atomic E-state index is 0.453. The van der Waals surface area contributed by atoms with E-state index in [1.807, 2.05) is 0 Å². The van der Waals surface area contributed by atoms with E-state index in [9.17, 15) is 0 Å². The summed E-state index contributed by atoms with van der Waals surface area (Å²) in [5.74, 6) is 0. The molecule has 0 heterocycles. The summed E-state index contributed by atoms with van der Waals surface area (Å²) in [7, 11) is 0.782. The Morgan fingerprint density at radius 3 is 1.88 bits per heavy atom. The fraction of sp³-hybridized carbons (Fsp3) is 0.128. The molecule has 1 heteroatoms. The van der Waals surface area contributed by atoms with Crippen LogP contribution in [0.4, 0.5) is 0 Å². The fourth-order valence-electron chi connectivity index (χ4n) is 7.18. The van der Waals surface area contributed by atoms with Crippen LogP contribution in [0.2, 0.25) is 0 Å². The molecule has 2 aliphatic carbocycles. The second-order valence-corrected chi connectivity index (χ2v) is 12.7. The van der Waals surface area contributed by atoms with Crippen LogP contribution in [0.3, 0.4) is 0 Å². The lowest BCUT2D eigenvalue weighted by atomic mass is 9.90. The molecule has 6 aromatic rings. The van der Waals surface area contributed by atoms with Crippen molar-refractivity contribution >= 4 is 37.1 Å². The molecule has 0 amide bonds. The third-order valence-electron chi connectivity index (χ3n) is 8.92. The fourth-order valence-corrected chi connectivity index (χ4v) is 9.25. The van der Waals surface area contributed by atoms with Gasteiger partial charge in [0, 0.05) is 5.54 Å². The van der Waals surface area contributed by atoms with Crippen LogP contribution in [0.5, 0.6) is 0 Å². The van der Waals surface area contributed by atoms with Gasteiger partial charge in [-0.05, 0) is 84.1 Å². The lowest BCUT2D eigenvalue weighted by Gasteiger charge is -2.22. The van der Waals surface area contributed by atoms with Crippen molar-refractivity contribution in [3.05, 3.63) is 149 Å². The predicted molar refractivity (Wildman–Crippen MR) is 172 cm³/mol. The van der Waals surface area contributed by atoms with Gasteiger partial charge in [0.25, 0.3) is 0 Å². The predicted octanol–water partition coefficient (Wildman–Crippen LogP) is 10.4. The van der Waals surface area contributed by atoms with Crippen molar-refractivity contribution in [2.75, 3.05) is 0 Å². The standard InChI is InChI=1S/C39H30Si/c1-2-12-26-24-37-32(36-23-25-13-3-4-14-27(25)28-15-5-6-18-31(28)36)21-11-22-35(37)38(26)40-39-33-19-9-7-16-29(33)30-17-8-10-20-34(30)39/h3-11,13-24,38-39H,2,12H2,1H3. The Kier molecular flexibility index (Phi) is 5.60. The van der Waals surface area contributed by atoms with Crippen molar-refractivity contribution in [3.8, 4) is 22.3 Å². The van der Waals surface area contributed by atoms with Gasteiger partial charge < -0.3 is 0 Å². The van der Waals surface area contributed by atoms with Gasteiger partial charge in [-0.2, -0.15) is 0 Å². The zero-order valence-corrected chi connectivity index (χ0v) is 23.7. The molecule has 1 atom stereocenters. The number of hydrogen-bond acceptors (Lipinski definition) is 0. The van der Waals surface area contributed by atoms with Crippen LogP contribution in [0.1, 0.15) is 53.1 Å². The van der Waals surface area contributed by atoms with Crippen LogP contribution in [0.25, 0.3) is 49.9 Å². The third kappa shape index (κ3) is 3.58. The topological polar surface area (TPSA) is 0 Å². The van der Waals surface area contributed by atoms with Crippen LogP contribution < -0.4 is 0 Å². The van der Waals surface area contributed by atoms with E-state index < -0.39 is 0 Å². The second-order valence-electron chi connectivity index (χ2n) is 11.2. The van der Waals surface area contributed by atoms with Gasteiger partial charge in [-0.1, -0.05) is 140 Å². The molecule has 0 aliphatic heterocycles. The minimum Gasteiger partial charge on any atom is -0.0653 e. The van der Waals surface area contributed by atoms with Gasteiger partial charge in [0.1, 0.15) is 0 Å². The van der Waals surface area contributed by atoms with Gasteiger partial charge in [0.15, 0.2) is 0 Å². The van der Waals surface area contributed by atoms with Crippen LogP contribution in [-0.4, -0.2) is 9.52 Å². The highest BCUT2D eigenvalue weighted by Crippen LogP contribution is 2.50. The van der Waals surface area contributed by atoms with Crippen molar-refractivity contribution in [2.45, 2.75) is 30.8 Å². The van der Waals surface area contributed by atoms with E-state index in [4.69, 9.17) is 0 Å². The van der Waals surface area contributed by atoms with Crippen LogP contribution in [0, 0.1) is 0 Å². The van der Waals surface area contributed by atoms with Gasteiger partial charge >= 0.3 is 0 Å². The molecule has 0 spiro atoms. The van der Waals surface area contributed by atoms with Crippen molar-refractivity contribution in [3.63, 3.8) is 0 Å². The highest BCUT2D eigenvalue weighted by Gasteiger charge is 2.35. The Balaban J connectivity index is 1.29. The van der Waals surface area contributed by atoms with Gasteiger partial charge in [0.05, 0.1) is 9.52 Å². The average molecular weight is 527 g/mol. The third-order valence-corrected chi connectivity index (χ3v) is 10.9. The number of rotatable bonds is 5. The van der Waals surface area contributed by atoms with Gasteiger partial charge in [-0.25, -0.2) is 0 Å². The number of fused-ring (bicyclic) bond motifs is 7. The average Bonchev–Trinajstić information content (AvgIpc) is 3.52. The Hall–Kier alpha value is -4.20. The Bertz CT molecular complexity index is 1910. The molecule has 0 N–H and O–H groups in total. The smallest absolute Gasteiger partial charge is 0.0653 e. The van der Waals surface area contributed by atoms with Gasteiger partial charge in [-0.15, -0.1) is 0 Å². The van der Waals surface area contributed by atoms with Crippen LogP contribution in [0.15, 0.2) is 127 Å². The number of allylic oxidation sites excluding steroid dienone is 1. The van der Waals surface area contributed by atoms with Crippen molar-refractivity contribution in [2.24, 2.45) is 0 Å². The molecule has 6 aromatic carbocycles. The summed E-state index contributed by atoms with van der Waals surface area (Å²) >= 11 is 0. The van der Waals surface area contributed by atoms with Gasteiger partial charge in [0.2, 0.25) is 0 Å². The van der Waals surface area contributed by atoms with E-state index in [0.717, 1.165) is 15.9 Å². The maximum Gasteiger partial charge on any atom is 0.0682 e. The normalized spacial score (nSPS) is 15.7. The lowest BCUT2D eigenvalue weighted by Crippen LogP contribution is -2.17. The molecule has 8 rings (SSSR count). The van der Waals surface area contributed by atoms with Crippen LogP contribution >= 0.6 is 0 Å². The van der Waals surface area contributed by atoms with E-state index in [1.54, 1.807) is 5.57 Å². The highest BCUT2D eigenvalue weighted by atomic mass is 28.2. The van der Waals surface area contributed by atoms with E-state index in [1.165, 1.54) is 72.5 Å². The first-order chi connectivity index (χ1) is 19.8. The second kappa shape index (κ2) is 9.47. The summed E-state index contributed by atoms with van der Waals surface area (Å²) in [5, 5.41) is 5.31. The summed E-state index contributed by atoms with van der Waals surface area (Å²) in [6, 6.07) is 45.4. The Morgan fingerprint density at radius 1 is 0.525 bits per heavy atom. The van der Waals surface area contributed by atoms with Crippen molar-refractivity contribution < 1.29 is 0 Å². The minimum absolute atomic E-state index is 0.453. The quantitative estimate of drug-likeness (QED) is 0.155. The highest BCUT2D eigenvalue weighted by molar-refractivity contribution is 6.44. The molecule has 40 heavy (non-hydrogen) atoms. The molecular formula is C39H30Si. The first-order valence-corrected chi connectivity index (χ1v) is 15.7. The monoisotopic (exact) mass is 526 g/mol. The molecule has 2 aliphatic rings. The van der Waals surface area contributed by atoms with E-state index in [0.29, 0.717) is 11.1 Å². The summed E-state index contributed by atoms with van der Waals surface area (Å²) in [5.41, 5.74) is 14.0. The maximum absolute atomic E-state index is 2.56. The molecule has 0 fully saturated rings. The molecule has 190 valence electrons. The summed E-state index contributed by atoms with van der Waals surface area (Å²) in [6.45, 7) is 2.32. The molecular weight excluding hydrogens is 497 g/mol. The van der Waals surface area contributed by atoms with E-state index in [-0.39, 0.29) is 0 Å². The molecule has 0 nitrogen and oxygen atoms in total. The van der Waals surface area contributed by atoms with Gasteiger partial charge in [-0.3, -0.25) is 0 Å². The summed E-state index contributed by atoms with van der Waals surface area (Å²) in [6.07, 6.45) is 4.88.